The molecule has 1 aliphatic rings. The van der Waals surface area contributed by atoms with E-state index in [-0.39, 0.29) is 6.10 Å². The van der Waals surface area contributed by atoms with Crippen molar-refractivity contribution in [1.82, 2.24) is 15.5 Å². The SMILES string of the molecule is CCc1noc(C2CCC(NCC(C)O)CC2)n1. The molecular formula is C13H23N3O2. The minimum absolute atomic E-state index is 0.272. The largest absolute Gasteiger partial charge is 0.392 e. The molecule has 1 saturated carbocycles. The van der Waals surface area contributed by atoms with E-state index < -0.39 is 0 Å². The van der Waals surface area contributed by atoms with Crippen LogP contribution >= 0.6 is 0 Å². The van der Waals surface area contributed by atoms with E-state index in [9.17, 15) is 5.11 Å². The molecule has 0 aliphatic heterocycles. The molecule has 5 heteroatoms. The summed E-state index contributed by atoms with van der Waals surface area (Å²) in [5.41, 5.74) is 0. The predicted octanol–water partition coefficient (Wildman–Crippen LogP) is 1.63. The molecule has 0 aromatic carbocycles. The Kier molecular flexibility index (Phi) is 4.72. The van der Waals surface area contributed by atoms with Gasteiger partial charge < -0.3 is 14.9 Å². The van der Waals surface area contributed by atoms with E-state index in [0.717, 1.165) is 43.8 Å². The zero-order valence-corrected chi connectivity index (χ0v) is 11.2. The van der Waals surface area contributed by atoms with Gasteiger partial charge in [0.1, 0.15) is 0 Å². The van der Waals surface area contributed by atoms with Gasteiger partial charge in [0.2, 0.25) is 5.89 Å². The van der Waals surface area contributed by atoms with Crippen LogP contribution in [0.25, 0.3) is 0 Å². The van der Waals surface area contributed by atoms with Gasteiger partial charge in [-0.3, -0.25) is 0 Å². The molecule has 1 unspecified atom stereocenters. The smallest absolute Gasteiger partial charge is 0.229 e. The first-order chi connectivity index (χ1) is 8.69. The van der Waals surface area contributed by atoms with Gasteiger partial charge in [0.05, 0.1) is 6.10 Å². The second-order valence-electron chi connectivity index (χ2n) is 5.21. The molecule has 1 aromatic rings. The Morgan fingerprint density at radius 3 is 2.67 bits per heavy atom. The van der Waals surface area contributed by atoms with Crippen molar-refractivity contribution in [3.05, 3.63) is 11.7 Å². The van der Waals surface area contributed by atoms with Crippen molar-refractivity contribution in [2.45, 2.75) is 64.0 Å². The topological polar surface area (TPSA) is 71.2 Å². The molecule has 0 saturated heterocycles. The normalized spacial score (nSPS) is 26.2. The number of nitrogens with zero attached hydrogens (tertiary/aromatic N) is 2. The molecule has 18 heavy (non-hydrogen) atoms. The lowest BCUT2D eigenvalue weighted by Crippen LogP contribution is -2.37. The molecule has 0 amide bonds. The maximum atomic E-state index is 9.25. The molecule has 1 heterocycles. The number of aromatic nitrogens is 2. The predicted molar refractivity (Wildman–Crippen MR) is 68.4 cm³/mol. The molecule has 2 N–H and O–H groups in total. The molecule has 1 aliphatic carbocycles. The second kappa shape index (κ2) is 6.29. The second-order valence-corrected chi connectivity index (χ2v) is 5.21. The fourth-order valence-electron chi connectivity index (χ4n) is 2.46. The van der Waals surface area contributed by atoms with Crippen LogP contribution in [0.1, 0.15) is 57.2 Å². The average Bonchev–Trinajstić information content (AvgIpc) is 2.85. The van der Waals surface area contributed by atoms with Crippen LogP contribution in [0, 0.1) is 0 Å². The Morgan fingerprint density at radius 1 is 1.39 bits per heavy atom. The van der Waals surface area contributed by atoms with Crippen molar-refractivity contribution in [3.8, 4) is 0 Å². The Hall–Kier alpha value is -0.940. The van der Waals surface area contributed by atoms with Crippen LogP contribution in [0.2, 0.25) is 0 Å². The summed E-state index contributed by atoms with van der Waals surface area (Å²) in [6.07, 6.45) is 4.95. The molecule has 5 nitrogen and oxygen atoms in total. The van der Waals surface area contributed by atoms with E-state index in [0.29, 0.717) is 18.5 Å². The number of hydrogen-bond donors (Lipinski definition) is 2. The summed E-state index contributed by atoms with van der Waals surface area (Å²) >= 11 is 0. The van der Waals surface area contributed by atoms with Crippen LogP contribution in [0.15, 0.2) is 4.52 Å². The maximum absolute atomic E-state index is 9.25. The first-order valence-electron chi connectivity index (χ1n) is 6.93. The number of aryl methyl sites for hydroxylation is 1. The Bertz CT molecular complexity index is 357. The monoisotopic (exact) mass is 253 g/mol. The number of rotatable bonds is 5. The van der Waals surface area contributed by atoms with Crippen LogP contribution < -0.4 is 5.32 Å². The quantitative estimate of drug-likeness (QED) is 0.834. The van der Waals surface area contributed by atoms with Crippen molar-refractivity contribution in [3.63, 3.8) is 0 Å². The standard InChI is InChI=1S/C13H23N3O2/c1-3-12-15-13(18-16-12)10-4-6-11(7-5-10)14-8-9(2)17/h9-11,14,17H,3-8H2,1-2H3. The van der Waals surface area contributed by atoms with Gasteiger partial charge in [-0.15, -0.1) is 0 Å². The van der Waals surface area contributed by atoms with Gasteiger partial charge in [0.15, 0.2) is 5.82 Å². The lowest BCUT2D eigenvalue weighted by Gasteiger charge is -2.27. The van der Waals surface area contributed by atoms with Crippen molar-refractivity contribution in [1.29, 1.82) is 0 Å². The summed E-state index contributed by atoms with van der Waals surface area (Å²) in [6, 6.07) is 0.518. The summed E-state index contributed by atoms with van der Waals surface area (Å²) in [4.78, 5) is 4.41. The van der Waals surface area contributed by atoms with Gasteiger partial charge in [0, 0.05) is 24.9 Å². The molecule has 2 rings (SSSR count). The van der Waals surface area contributed by atoms with Crippen molar-refractivity contribution >= 4 is 0 Å². The van der Waals surface area contributed by atoms with E-state index >= 15 is 0 Å². The number of hydrogen-bond acceptors (Lipinski definition) is 5. The lowest BCUT2D eigenvalue weighted by molar-refractivity contribution is 0.178. The lowest BCUT2D eigenvalue weighted by atomic mass is 9.86. The highest BCUT2D eigenvalue weighted by Crippen LogP contribution is 2.31. The first-order valence-corrected chi connectivity index (χ1v) is 6.93. The zero-order chi connectivity index (χ0) is 13.0. The van der Waals surface area contributed by atoms with Gasteiger partial charge in [-0.2, -0.15) is 4.98 Å². The number of nitrogens with one attached hydrogen (secondary N) is 1. The molecule has 102 valence electrons. The van der Waals surface area contributed by atoms with E-state index in [1.807, 2.05) is 13.8 Å². The van der Waals surface area contributed by atoms with Crippen LogP contribution in [0.5, 0.6) is 0 Å². The van der Waals surface area contributed by atoms with Gasteiger partial charge in [0.25, 0.3) is 0 Å². The minimum Gasteiger partial charge on any atom is -0.392 e. The third-order valence-electron chi connectivity index (χ3n) is 3.58. The molecule has 1 atom stereocenters. The Balaban J connectivity index is 1.79. The highest BCUT2D eigenvalue weighted by Gasteiger charge is 2.26. The number of aliphatic hydroxyl groups excluding tert-OH is 1. The fraction of sp³-hybridized carbons (Fsp3) is 0.846. The van der Waals surface area contributed by atoms with Crippen LogP contribution in [0.4, 0.5) is 0 Å². The van der Waals surface area contributed by atoms with E-state index in [1.54, 1.807) is 0 Å². The Morgan fingerprint density at radius 2 is 2.11 bits per heavy atom. The van der Waals surface area contributed by atoms with Crippen LogP contribution in [-0.2, 0) is 6.42 Å². The molecule has 0 spiro atoms. The van der Waals surface area contributed by atoms with E-state index in [4.69, 9.17) is 4.52 Å². The van der Waals surface area contributed by atoms with Crippen LogP contribution in [-0.4, -0.2) is 33.9 Å². The Labute approximate surface area is 108 Å². The van der Waals surface area contributed by atoms with E-state index in [2.05, 4.69) is 15.5 Å². The zero-order valence-electron chi connectivity index (χ0n) is 11.2. The molecule has 1 fully saturated rings. The van der Waals surface area contributed by atoms with Crippen molar-refractivity contribution in [2.75, 3.05) is 6.54 Å². The van der Waals surface area contributed by atoms with Crippen molar-refractivity contribution < 1.29 is 9.63 Å². The van der Waals surface area contributed by atoms with Gasteiger partial charge in [-0.1, -0.05) is 12.1 Å². The first kappa shape index (κ1) is 13.5. The molecule has 0 bridgehead atoms. The summed E-state index contributed by atoms with van der Waals surface area (Å²) in [5.74, 6) is 2.03. The summed E-state index contributed by atoms with van der Waals surface area (Å²) in [5, 5.41) is 16.6. The highest BCUT2D eigenvalue weighted by atomic mass is 16.5. The summed E-state index contributed by atoms with van der Waals surface area (Å²) < 4.78 is 5.31. The third kappa shape index (κ3) is 3.53. The molecular weight excluding hydrogens is 230 g/mol. The average molecular weight is 253 g/mol. The van der Waals surface area contributed by atoms with Gasteiger partial charge in [-0.05, 0) is 32.6 Å². The highest BCUT2D eigenvalue weighted by molar-refractivity contribution is 4.97. The third-order valence-corrected chi connectivity index (χ3v) is 3.58. The number of aliphatic hydroxyl groups is 1. The molecule has 0 radical (unpaired) electrons. The fourth-order valence-corrected chi connectivity index (χ4v) is 2.46. The van der Waals surface area contributed by atoms with Crippen LogP contribution in [0.3, 0.4) is 0 Å². The van der Waals surface area contributed by atoms with Gasteiger partial charge in [-0.25, -0.2) is 0 Å². The summed E-state index contributed by atoms with van der Waals surface area (Å²) in [6.45, 7) is 4.52. The molecule has 1 aromatic heterocycles. The van der Waals surface area contributed by atoms with Crippen molar-refractivity contribution in [2.24, 2.45) is 0 Å². The van der Waals surface area contributed by atoms with E-state index in [1.165, 1.54) is 0 Å². The summed E-state index contributed by atoms with van der Waals surface area (Å²) in [7, 11) is 0. The minimum atomic E-state index is -0.272. The maximum Gasteiger partial charge on any atom is 0.229 e. The van der Waals surface area contributed by atoms with Gasteiger partial charge >= 0.3 is 0 Å².